The molecule has 0 spiro atoms. The van der Waals surface area contributed by atoms with E-state index in [0.717, 1.165) is 24.3 Å². The fraction of sp³-hybridized carbons (Fsp3) is 0.643. The van der Waals surface area contributed by atoms with Crippen LogP contribution in [0, 0.1) is 11.8 Å². The van der Waals surface area contributed by atoms with Gasteiger partial charge < -0.3 is 16.2 Å². The molecule has 1 aliphatic carbocycles. The Hall–Kier alpha value is -1.47. The lowest BCUT2D eigenvalue weighted by atomic mass is 9.79. The number of amides is 1. The molecule has 0 aliphatic heterocycles. The van der Waals surface area contributed by atoms with Gasteiger partial charge in [0.1, 0.15) is 10.7 Å². The van der Waals surface area contributed by atoms with Crippen LogP contribution in [0.4, 0.5) is 0 Å². The van der Waals surface area contributed by atoms with Gasteiger partial charge in [0.2, 0.25) is 0 Å². The number of hydrogen-bond acceptors (Lipinski definition) is 5. The molecule has 1 amide bonds. The summed E-state index contributed by atoms with van der Waals surface area (Å²) in [5.41, 5.74) is 6.08. The Kier molecular flexibility index (Phi) is 5.30. The first-order chi connectivity index (χ1) is 9.99. The quantitative estimate of drug-likeness (QED) is 0.768. The molecule has 1 aromatic heterocycles. The molecule has 0 bridgehead atoms. The van der Waals surface area contributed by atoms with Gasteiger partial charge in [0.25, 0.3) is 5.91 Å². The number of aliphatic carboxylic acids is 1. The summed E-state index contributed by atoms with van der Waals surface area (Å²) in [4.78, 5) is 27.5. The van der Waals surface area contributed by atoms with Gasteiger partial charge in [-0.1, -0.05) is 12.8 Å². The van der Waals surface area contributed by atoms with E-state index in [4.69, 9.17) is 5.73 Å². The standard InChI is InChI=1S/C14H21N3O3S/c1-8(15)13-17-11(7-21-13)12(18)16-6-9-4-2-3-5-10(9)14(19)20/h7-10H,2-6,15H2,1H3,(H,16,18)(H,19,20). The normalized spacial score (nSPS) is 23.5. The van der Waals surface area contributed by atoms with Crippen molar-refractivity contribution in [2.75, 3.05) is 6.54 Å². The average molecular weight is 311 g/mol. The van der Waals surface area contributed by atoms with E-state index in [1.165, 1.54) is 11.3 Å². The number of rotatable bonds is 5. The number of carboxylic acids is 1. The lowest BCUT2D eigenvalue weighted by molar-refractivity contribution is -0.144. The molecule has 6 nitrogen and oxygen atoms in total. The third kappa shape index (κ3) is 4.01. The lowest BCUT2D eigenvalue weighted by Gasteiger charge is -2.28. The molecule has 1 fully saturated rings. The van der Waals surface area contributed by atoms with E-state index >= 15 is 0 Å². The Morgan fingerprint density at radius 3 is 2.86 bits per heavy atom. The molecule has 1 aliphatic rings. The molecule has 7 heteroatoms. The first-order valence-corrected chi connectivity index (χ1v) is 8.09. The Morgan fingerprint density at radius 2 is 2.24 bits per heavy atom. The van der Waals surface area contributed by atoms with Gasteiger partial charge >= 0.3 is 5.97 Å². The lowest BCUT2D eigenvalue weighted by Crippen LogP contribution is -2.37. The van der Waals surface area contributed by atoms with Gasteiger partial charge in [-0.15, -0.1) is 11.3 Å². The Balaban J connectivity index is 1.91. The summed E-state index contributed by atoms with van der Waals surface area (Å²) in [5, 5.41) is 14.4. The fourth-order valence-corrected chi connectivity index (χ4v) is 3.45. The number of hydrogen-bond donors (Lipinski definition) is 3. The van der Waals surface area contributed by atoms with Crippen molar-refractivity contribution in [3.05, 3.63) is 16.1 Å². The summed E-state index contributed by atoms with van der Waals surface area (Å²) in [7, 11) is 0. The molecular weight excluding hydrogens is 290 g/mol. The van der Waals surface area contributed by atoms with Crippen LogP contribution in [0.3, 0.4) is 0 Å². The van der Waals surface area contributed by atoms with Crippen molar-refractivity contribution in [2.45, 2.75) is 38.6 Å². The summed E-state index contributed by atoms with van der Waals surface area (Å²) < 4.78 is 0. The third-order valence-corrected chi connectivity index (χ3v) is 4.94. The number of nitrogens with one attached hydrogen (secondary N) is 1. The summed E-state index contributed by atoms with van der Waals surface area (Å²) in [6.07, 6.45) is 3.52. The van der Waals surface area contributed by atoms with Crippen molar-refractivity contribution >= 4 is 23.2 Å². The maximum atomic E-state index is 12.0. The maximum Gasteiger partial charge on any atom is 0.306 e. The van der Waals surface area contributed by atoms with Gasteiger partial charge in [0, 0.05) is 11.9 Å². The van der Waals surface area contributed by atoms with E-state index in [-0.39, 0.29) is 23.8 Å². The van der Waals surface area contributed by atoms with Crippen LogP contribution in [-0.2, 0) is 4.79 Å². The van der Waals surface area contributed by atoms with E-state index in [0.29, 0.717) is 18.7 Å². The van der Waals surface area contributed by atoms with Gasteiger partial charge in [-0.3, -0.25) is 9.59 Å². The van der Waals surface area contributed by atoms with Gasteiger partial charge in [-0.05, 0) is 25.7 Å². The molecule has 2 rings (SSSR count). The molecule has 21 heavy (non-hydrogen) atoms. The third-order valence-electron chi connectivity index (χ3n) is 3.90. The van der Waals surface area contributed by atoms with Crippen LogP contribution in [0.25, 0.3) is 0 Å². The zero-order chi connectivity index (χ0) is 15.4. The minimum absolute atomic E-state index is 0.00624. The number of thiazole rings is 1. The molecule has 3 unspecified atom stereocenters. The number of nitrogens with zero attached hydrogens (tertiary/aromatic N) is 1. The van der Waals surface area contributed by atoms with E-state index in [9.17, 15) is 14.7 Å². The molecule has 4 N–H and O–H groups in total. The summed E-state index contributed by atoms with van der Waals surface area (Å²) in [6, 6.07) is -0.189. The topological polar surface area (TPSA) is 105 Å². The number of carbonyl (C=O) groups is 2. The van der Waals surface area contributed by atoms with Crippen molar-refractivity contribution in [2.24, 2.45) is 17.6 Å². The smallest absolute Gasteiger partial charge is 0.306 e. The molecule has 0 radical (unpaired) electrons. The first-order valence-electron chi connectivity index (χ1n) is 7.21. The highest BCUT2D eigenvalue weighted by Gasteiger charge is 2.31. The number of nitrogens with two attached hydrogens (primary N) is 1. The second kappa shape index (κ2) is 7.00. The second-order valence-electron chi connectivity index (χ2n) is 5.56. The van der Waals surface area contributed by atoms with Crippen LogP contribution >= 0.6 is 11.3 Å². The summed E-state index contributed by atoms with van der Waals surface area (Å²) in [5.74, 6) is -1.37. The molecule has 1 aromatic rings. The van der Waals surface area contributed by atoms with Crippen LogP contribution in [0.15, 0.2) is 5.38 Å². The predicted molar refractivity (Wildman–Crippen MR) is 80.1 cm³/mol. The van der Waals surface area contributed by atoms with Gasteiger partial charge in [0.05, 0.1) is 12.0 Å². The minimum atomic E-state index is -0.762. The SMILES string of the molecule is CC(N)c1nc(C(=O)NCC2CCCCC2C(=O)O)cs1. The first kappa shape index (κ1) is 15.9. The van der Waals surface area contributed by atoms with Crippen LogP contribution in [-0.4, -0.2) is 28.5 Å². The monoisotopic (exact) mass is 311 g/mol. The van der Waals surface area contributed by atoms with Crippen LogP contribution in [0.5, 0.6) is 0 Å². The maximum absolute atomic E-state index is 12.0. The highest BCUT2D eigenvalue weighted by Crippen LogP contribution is 2.29. The molecule has 1 heterocycles. The van der Waals surface area contributed by atoms with E-state index in [2.05, 4.69) is 10.3 Å². The summed E-state index contributed by atoms with van der Waals surface area (Å²) >= 11 is 1.36. The molecule has 1 saturated carbocycles. The molecule has 0 aromatic carbocycles. The second-order valence-corrected chi connectivity index (χ2v) is 6.45. The number of aromatic nitrogens is 1. The zero-order valence-corrected chi connectivity index (χ0v) is 12.9. The molecule has 3 atom stereocenters. The van der Waals surface area contributed by atoms with E-state index in [1.54, 1.807) is 5.38 Å². The Morgan fingerprint density at radius 1 is 1.52 bits per heavy atom. The Labute approximate surface area is 127 Å². The van der Waals surface area contributed by atoms with Crippen LogP contribution in [0.1, 0.15) is 54.1 Å². The van der Waals surface area contributed by atoms with Crippen molar-refractivity contribution in [3.63, 3.8) is 0 Å². The largest absolute Gasteiger partial charge is 0.481 e. The van der Waals surface area contributed by atoms with Crippen molar-refractivity contribution < 1.29 is 14.7 Å². The van der Waals surface area contributed by atoms with Crippen molar-refractivity contribution in [3.8, 4) is 0 Å². The fourth-order valence-electron chi connectivity index (χ4n) is 2.69. The highest BCUT2D eigenvalue weighted by atomic mass is 32.1. The van der Waals surface area contributed by atoms with Gasteiger partial charge in [0.15, 0.2) is 0 Å². The molecule has 116 valence electrons. The highest BCUT2D eigenvalue weighted by molar-refractivity contribution is 7.09. The van der Waals surface area contributed by atoms with Gasteiger partial charge in [-0.25, -0.2) is 4.98 Å². The Bertz CT molecular complexity index is 515. The van der Waals surface area contributed by atoms with E-state index < -0.39 is 5.97 Å². The predicted octanol–water partition coefficient (Wildman–Crippen LogP) is 1.78. The number of carboxylic acid groups (broad SMARTS) is 1. The minimum Gasteiger partial charge on any atom is -0.481 e. The van der Waals surface area contributed by atoms with Gasteiger partial charge in [-0.2, -0.15) is 0 Å². The van der Waals surface area contributed by atoms with Crippen LogP contribution < -0.4 is 11.1 Å². The molecular formula is C14H21N3O3S. The van der Waals surface area contributed by atoms with Crippen LogP contribution in [0.2, 0.25) is 0 Å². The number of carbonyl (C=O) groups excluding carboxylic acids is 1. The zero-order valence-electron chi connectivity index (χ0n) is 12.0. The van der Waals surface area contributed by atoms with Crippen molar-refractivity contribution in [1.29, 1.82) is 0 Å². The molecule has 0 saturated heterocycles. The summed E-state index contributed by atoms with van der Waals surface area (Å²) in [6.45, 7) is 2.21. The van der Waals surface area contributed by atoms with Crippen molar-refractivity contribution in [1.82, 2.24) is 10.3 Å². The average Bonchev–Trinajstić information content (AvgIpc) is 2.95. The van der Waals surface area contributed by atoms with E-state index in [1.807, 2.05) is 6.92 Å².